The Balaban J connectivity index is 1.27. The highest BCUT2D eigenvalue weighted by Crippen LogP contribution is 2.43. The first kappa shape index (κ1) is 41.8. The predicted molar refractivity (Wildman–Crippen MR) is 171 cm³/mol. The van der Waals surface area contributed by atoms with Gasteiger partial charge in [0.25, 0.3) is 0 Å². The molecule has 13 N–H and O–H groups in total. The van der Waals surface area contributed by atoms with E-state index < -0.39 is 160 Å². The molecule has 20 heteroatoms. The molecule has 0 spiro atoms. The average molecular weight is 774 g/mol. The normalized spacial score (nSPS) is 55.4. The maximum absolute atomic E-state index is 11.5. The molecule has 6 fully saturated rings. The van der Waals surface area contributed by atoms with Crippen LogP contribution in [0.4, 0.5) is 0 Å². The Kier molecular flexibility index (Phi) is 13.7. The molecule has 53 heavy (non-hydrogen) atoms. The Morgan fingerprint density at radius 3 is 2.04 bits per heavy atom. The third-order valence-electron chi connectivity index (χ3n) is 11.8. The van der Waals surface area contributed by atoms with Crippen LogP contribution in [0.5, 0.6) is 0 Å². The fourth-order valence-electron chi connectivity index (χ4n) is 8.64. The number of aliphatic hydroxyl groups is 14. The van der Waals surface area contributed by atoms with Gasteiger partial charge in [0.2, 0.25) is 0 Å². The summed E-state index contributed by atoms with van der Waals surface area (Å²) in [6.07, 6.45) is -27.9. The molecule has 4 aliphatic heterocycles. The number of hydrogen-bond donors (Lipinski definition) is 12. The zero-order valence-electron chi connectivity index (χ0n) is 29.5. The van der Waals surface area contributed by atoms with Gasteiger partial charge < -0.3 is 99.2 Å². The lowest BCUT2D eigenvalue weighted by Crippen LogP contribution is -2.65. The molecule has 2 saturated carbocycles. The molecule has 10 unspecified atom stereocenters. The van der Waals surface area contributed by atoms with Crippen LogP contribution in [0.1, 0.15) is 39.0 Å². The molecular formula is C33H57O20+. The molecule has 2 aliphatic carbocycles. The second-order valence-corrected chi connectivity index (χ2v) is 15.4. The highest BCUT2D eigenvalue weighted by Gasteiger charge is 2.57. The minimum absolute atomic E-state index is 0.103. The molecule has 0 amide bonds. The highest BCUT2D eigenvalue weighted by molar-refractivity contribution is 5.00. The summed E-state index contributed by atoms with van der Waals surface area (Å²) in [4.78, 5) is 0. The van der Waals surface area contributed by atoms with Crippen LogP contribution in [-0.4, -0.2) is 221 Å². The molecular weight excluding hydrogens is 716 g/mol. The molecule has 0 aromatic carbocycles. The van der Waals surface area contributed by atoms with E-state index in [4.69, 9.17) is 37.9 Å². The Morgan fingerprint density at radius 2 is 1.32 bits per heavy atom. The van der Waals surface area contributed by atoms with Gasteiger partial charge in [0, 0.05) is 25.9 Å². The number of fused-ring (bicyclic) bond motifs is 1. The largest absolute Gasteiger partial charge is 0.427 e. The van der Waals surface area contributed by atoms with Gasteiger partial charge in [-0.15, -0.1) is 0 Å². The van der Waals surface area contributed by atoms with Crippen LogP contribution >= 0.6 is 0 Å². The van der Waals surface area contributed by atoms with E-state index in [9.17, 15) is 61.3 Å². The first-order valence-electron chi connectivity index (χ1n) is 18.3. The van der Waals surface area contributed by atoms with E-state index in [0.717, 1.165) is 0 Å². The summed E-state index contributed by atoms with van der Waals surface area (Å²) in [6.45, 7) is 0.473. The summed E-state index contributed by atoms with van der Waals surface area (Å²) in [5, 5.41) is 127. The summed E-state index contributed by atoms with van der Waals surface area (Å²) in [6, 6.07) is 0. The van der Waals surface area contributed by atoms with Gasteiger partial charge in [-0.3, -0.25) is 0 Å². The topological polar surface area (TPSA) is 320 Å². The molecule has 4 saturated heterocycles. The summed E-state index contributed by atoms with van der Waals surface area (Å²) in [5.41, 5.74) is 0. The van der Waals surface area contributed by atoms with Gasteiger partial charge in [0.1, 0.15) is 73.2 Å². The SMILES string of the molecule is COC1CC(C2[OH+]C3CC(O)CC(O)C3CC2O[C@@H]2O[C@H](CO[C@@H]3O[C@@H](C)[C@H](O)[C@@H](O)[C@H]3O)[C@@H](O)[C@H](O)[C@H]2O[C@@H]2OC[C@@H](O)[C@H](O)[C@H]2O)CC(O)C1O. The van der Waals surface area contributed by atoms with Crippen molar-refractivity contribution < 1.29 is 99.2 Å². The fourth-order valence-corrected chi connectivity index (χ4v) is 8.64. The van der Waals surface area contributed by atoms with E-state index in [0.29, 0.717) is 0 Å². The Bertz CT molecular complexity index is 1170. The number of ether oxygens (including phenoxy) is 8. The summed E-state index contributed by atoms with van der Waals surface area (Å²) in [5.74, 6) is -0.907. The van der Waals surface area contributed by atoms with Crippen LogP contribution < -0.4 is 0 Å². The molecule has 0 aromatic heterocycles. The molecule has 0 bridgehead atoms. The van der Waals surface area contributed by atoms with Gasteiger partial charge in [-0.25, -0.2) is 0 Å². The van der Waals surface area contributed by atoms with Gasteiger partial charge in [-0.2, -0.15) is 0 Å². The number of hydrogen-bond acceptors (Lipinski definition) is 19. The van der Waals surface area contributed by atoms with Crippen molar-refractivity contribution in [2.24, 2.45) is 11.8 Å². The molecule has 6 rings (SSSR count). The third kappa shape index (κ3) is 8.72. The van der Waals surface area contributed by atoms with Crippen molar-refractivity contribution in [1.29, 1.82) is 0 Å². The van der Waals surface area contributed by atoms with E-state index in [-0.39, 0.29) is 32.1 Å². The average Bonchev–Trinajstić information content (AvgIpc) is 3.12. The molecule has 6 aliphatic rings. The summed E-state index contributed by atoms with van der Waals surface area (Å²) < 4.78 is 45.7. The highest BCUT2D eigenvalue weighted by atomic mass is 16.8. The Hall–Kier alpha value is -0.800. The van der Waals surface area contributed by atoms with E-state index in [1.54, 1.807) is 0 Å². The molecule has 24 atom stereocenters. The van der Waals surface area contributed by atoms with Crippen LogP contribution in [-0.2, 0) is 33.2 Å². The molecule has 20 nitrogen and oxygen atoms in total. The van der Waals surface area contributed by atoms with Crippen molar-refractivity contribution in [3.63, 3.8) is 0 Å². The van der Waals surface area contributed by atoms with Crippen molar-refractivity contribution in [2.45, 2.75) is 174 Å². The lowest BCUT2D eigenvalue weighted by Gasteiger charge is -2.50. The van der Waals surface area contributed by atoms with Crippen molar-refractivity contribution >= 4 is 0 Å². The minimum atomic E-state index is -1.84. The molecule has 4 heterocycles. The van der Waals surface area contributed by atoms with Gasteiger partial charge in [0.05, 0.1) is 49.7 Å². The van der Waals surface area contributed by atoms with Crippen LogP contribution in [0.2, 0.25) is 0 Å². The van der Waals surface area contributed by atoms with E-state index in [2.05, 4.69) is 0 Å². The first-order valence-corrected chi connectivity index (χ1v) is 18.3. The standard InChI is InChI=1S/C33H56O20/c1-10-21(38)25(42)28(45)31(49-10)48-9-20-24(41)26(43)30(53-32-27(44)23(40)16(37)8-47-32)33(52-20)51-19-7-13-14(35)5-12(34)6-17(13)50-29(19)11-3-15(36)22(39)18(4-11)46-2/h10-45H,3-9H2,1-2H3/p+1/t10-,11?,12?,13?,14?,15?,16+,17?,18?,19?,20+,21-,22?,23-,24+,25+,26-,27+,28+,29?,30+,31+,32-,33+/m0/s1. The Labute approximate surface area is 305 Å². The van der Waals surface area contributed by atoms with Crippen LogP contribution in [0.15, 0.2) is 0 Å². The summed E-state index contributed by atoms with van der Waals surface area (Å²) in [7, 11) is 1.41. The second kappa shape index (κ2) is 17.4. The number of methoxy groups -OCH3 is 1. The first-order chi connectivity index (χ1) is 25.1. The van der Waals surface area contributed by atoms with Crippen LogP contribution in [0.25, 0.3) is 0 Å². The van der Waals surface area contributed by atoms with Crippen molar-refractivity contribution in [1.82, 2.24) is 0 Å². The maximum Gasteiger partial charge on any atom is 0.187 e. The van der Waals surface area contributed by atoms with E-state index >= 15 is 0 Å². The monoisotopic (exact) mass is 773 g/mol. The maximum atomic E-state index is 11.5. The van der Waals surface area contributed by atoms with Crippen molar-refractivity contribution in [2.75, 3.05) is 20.3 Å². The second-order valence-electron chi connectivity index (χ2n) is 15.4. The quantitative estimate of drug-likeness (QED) is 0.0969. The lowest BCUT2D eigenvalue weighted by atomic mass is 9.72. The fraction of sp³-hybridized carbons (Fsp3) is 1.00. The number of rotatable bonds is 9. The van der Waals surface area contributed by atoms with Crippen molar-refractivity contribution in [3.8, 4) is 0 Å². The lowest BCUT2D eigenvalue weighted by molar-refractivity contribution is -0.385. The zero-order chi connectivity index (χ0) is 38.5. The number of aliphatic hydroxyl groups excluding tert-OH is 12. The summed E-state index contributed by atoms with van der Waals surface area (Å²) >= 11 is 0. The van der Waals surface area contributed by atoms with E-state index in [1.165, 1.54) is 14.0 Å². The Morgan fingerprint density at radius 1 is 0.604 bits per heavy atom. The van der Waals surface area contributed by atoms with Gasteiger partial charge in [0.15, 0.2) is 31.1 Å². The minimum Gasteiger partial charge on any atom is -0.427 e. The molecule has 0 radical (unpaired) electrons. The van der Waals surface area contributed by atoms with Crippen molar-refractivity contribution in [3.05, 3.63) is 0 Å². The molecule has 308 valence electrons. The smallest absolute Gasteiger partial charge is 0.187 e. The third-order valence-corrected chi connectivity index (χ3v) is 11.8. The van der Waals surface area contributed by atoms with Crippen LogP contribution in [0, 0.1) is 11.8 Å². The molecule has 0 aromatic rings. The van der Waals surface area contributed by atoms with E-state index in [1.807, 2.05) is 0 Å². The predicted octanol–water partition coefficient (Wildman–Crippen LogP) is -6.57. The zero-order valence-corrected chi connectivity index (χ0v) is 29.5. The van der Waals surface area contributed by atoms with Crippen LogP contribution in [0.3, 0.4) is 0 Å². The van der Waals surface area contributed by atoms with Gasteiger partial charge >= 0.3 is 0 Å². The van der Waals surface area contributed by atoms with Gasteiger partial charge in [-0.1, -0.05) is 0 Å². The van der Waals surface area contributed by atoms with Gasteiger partial charge in [-0.05, 0) is 26.2 Å².